The van der Waals surface area contributed by atoms with Crippen LogP contribution in [0.5, 0.6) is 0 Å². The summed E-state index contributed by atoms with van der Waals surface area (Å²) >= 11 is 5.48. The van der Waals surface area contributed by atoms with Crippen molar-refractivity contribution in [1.82, 2.24) is 9.78 Å². The van der Waals surface area contributed by atoms with Gasteiger partial charge in [-0.2, -0.15) is 0 Å². The third kappa shape index (κ3) is 1.87. The zero-order valence-electron chi connectivity index (χ0n) is 6.43. The van der Waals surface area contributed by atoms with Gasteiger partial charge in [-0.05, 0) is 6.42 Å². The van der Waals surface area contributed by atoms with Crippen LogP contribution in [0, 0.1) is 0 Å². The molecule has 0 spiro atoms. The zero-order valence-corrected chi connectivity index (χ0v) is 7.19. The van der Waals surface area contributed by atoms with Gasteiger partial charge >= 0.3 is 0 Å². The molecule has 0 radical (unpaired) electrons. The second-order valence-electron chi connectivity index (χ2n) is 2.31. The van der Waals surface area contributed by atoms with Gasteiger partial charge in [-0.1, -0.05) is 6.92 Å². The van der Waals surface area contributed by atoms with Crippen molar-refractivity contribution >= 4 is 11.6 Å². The van der Waals surface area contributed by atoms with E-state index in [1.54, 1.807) is 6.07 Å². The fourth-order valence-corrected chi connectivity index (χ4v) is 1.09. The summed E-state index contributed by atoms with van der Waals surface area (Å²) in [5.74, 6) is 0.462. The highest BCUT2D eigenvalue weighted by molar-refractivity contribution is 6.17. The van der Waals surface area contributed by atoms with Crippen LogP contribution in [-0.4, -0.2) is 15.7 Å². The average Bonchev–Trinajstić information content (AvgIpc) is 2.33. The number of nitrogens with one attached hydrogen (secondary N) is 1. The highest BCUT2D eigenvalue weighted by Gasteiger charge is 1.98. The monoisotopic (exact) mass is 174 g/mol. The minimum absolute atomic E-state index is 0.00231. The molecule has 1 aromatic heterocycles. The molecule has 0 aliphatic rings. The van der Waals surface area contributed by atoms with Gasteiger partial charge in [0.15, 0.2) is 0 Å². The smallest absolute Gasteiger partial charge is 0.266 e. The first-order chi connectivity index (χ1) is 5.27. The summed E-state index contributed by atoms with van der Waals surface area (Å²) in [6.45, 7) is 2.55. The normalized spacial score (nSPS) is 10.4. The van der Waals surface area contributed by atoms with E-state index >= 15 is 0 Å². The highest BCUT2D eigenvalue weighted by atomic mass is 35.5. The lowest BCUT2D eigenvalue weighted by Gasteiger charge is -1.95. The van der Waals surface area contributed by atoms with Crippen molar-refractivity contribution in [2.75, 3.05) is 5.88 Å². The van der Waals surface area contributed by atoms with E-state index in [0.29, 0.717) is 12.4 Å². The summed E-state index contributed by atoms with van der Waals surface area (Å²) in [5.41, 5.74) is 0.961. The van der Waals surface area contributed by atoms with Gasteiger partial charge in [-0.25, -0.2) is 0 Å². The summed E-state index contributed by atoms with van der Waals surface area (Å²) in [6, 6.07) is 1.60. The molecule has 0 bridgehead atoms. The molecule has 1 N–H and O–H groups in total. The number of aromatic nitrogens is 2. The molecule has 11 heavy (non-hydrogen) atoms. The van der Waals surface area contributed by atoms with Gasteiger partial charge in [0.25, 0.3) is 5.56 Å². The molecule has 0 aliphatic carbocycles. The Bertz CT molecular complexity index is 276. The summed E-state index contributed by atoms with van der Waals surface area (Å²) in [7, 11) is 0. The van der Waals surface area contributed by atoms with Crippen LogP contribution in [0.3, 0.4) is 0 Å². The van der Waals surface area contributed by atoms with E-state index < -0.39 is 0 Å². The number of halogens is 1. The van der Waals surface area contributed by atoms with Crippen LogP contribution in [0.25, 0.3) is 0 Å². The number of rotatable bonds is 3. The highest BCUT2D eigenvalue weighted by Crippen LogP contribution is 1.90. The number of nitrogens with zero attached hydrogens (tertiary/aromatic N) is 1. The van der Waals surface area contributed by atoms with E-state index in [1.165, 1.54) is 4.68 Å². The predicted molar refractivity (Wildman–Crippen MR) is 45.2 cm³/mol. The zero-order chi connectivity index (χ0) is 8.27. The molecular weight excluding hydrogens is 164 g/mol. The maximum absolute atomic E-state index is 11.1. The Hall–Kier alpha value is -0.700. The van der Waals surface area contributed by atoms with E-state index in [-0.39, 0.29) is 5.56 Å². The largest absolute Gasteiger partial charge is 0.300 e. The predicted octanol–water partition coefficient (Wildman–Crippen LogP) is 0.978. The maximum atomic E-state index is 11.1. The van der Waals surface area contributed by atoms with Gasteiger partial charge in [-0.3, -0.25) is 14.6 Å². The van der Waals surface area contributed by atoms with E-state index in [9.17, 15) is 4.79 Å². The van der Waals surface area contributed by atoms with Gasteiger partial charge in [0.05, 0.1) is 6.54 Å². The molecular formula is C7H11ClN2O. The fourth-order valence-electron chi connectivity index (χ4n) is 0.919. The molecule has 0 amide bonds. The molecule has 0 fully saturated rings. The van der Waals surface area contributed by atoms with E-state index in [2.05, 4.69) is 5.10 Å². The second-order valence-corrected chi connectivity index (χ2v) is 2.69. The van der Waals surface area contributed by atoms with Crippen molar-refractivity contribution in [2.24, 2.45) is 0 Å². The molecule has 0 aliphatic heterocycles. The van der Waals surface area contributed by atoms with E-state index in [4.69, 9.17) is 11.6 Å². The van der Waals surface area contributed by atoms with Gasteiger partial charge in [0, 0.05) is 17.6 Å². The molecule has 0 saturated heterocycles. The molecule has 1 heterocycles. The Kier molecular flexibility index (Phi) is 2.76. The number of hydrogen-bond donors (Lipinski definition) is 1. The Balaban J connectivity index is 2.88. The van der Waals surface area contributed by atoms with Crippen LogP contribution in [0.2, 0.25) is 0 Å². The third-order valence-electron chi connectivity index (χ3n) is 1.53. The van der Waals surface area contributed by atoms with Crippen LogP contribution in [0.1, 0.15) is 12.6 Å². The van der Waals surface area contributed by atoms with Gasteiger partial charge in [-0.15, -0.1) is 11.6 Å². The third-order valence-corrected chi connectivity index (χ3v) is 1.70. The van der Waals surface area contributed by atoms with Crippen LogP contribution in [0.4, 0.5) is 0 Å². The van der Waals surface area contributed by atoms with Crippen molar-refractivity contribution < 1.29 is 0 Å². The molecule has 1 rings (SSSR count). The molecule has 0 aromatic carbocycles. The lowest BCUT2D eigenvalue weighted by molar-refractivity contribution is 0.632. The van der Waals surface area contributed by atoms with Crippen molar-refractivity contribution in [3.05, 3.63) is 22.1 Å². The summed E-state index contributed by atoms with van der Waals surface area (Å²) < 4.78 is 1.52. The number of aromatic amines is 1. The van der Waals surface area contributed by atoms with Crippen LogP contribution < -0.4 is 5.56 Å². The van der Waals surface area contributed by atoms with Crippen molar-refractivity contribution in [3.63, 3.8) is 0 Å². The molecule has 0 saturated carbocycles. The van der Waals surface area contributed by atoms with E-state index in [1.807, 2.05) is 6.92 Å². The van der Waals surface area contributed by atoms with Crippen molar-refractivity contribution in [1.29, 1.82) is 0 Å². The van der Waals surface area contributed by atoms with Gasteiger partial charge in [0.1, 0.15) is 0 Å². The first kappa shape index (κ1) is 8.40. The molecule has 3 nitrogen and oxygen atoms in total. The Morgan fingerprint density at radius 1 is 1.73 bits per heavy atom. The molecule has 4 heteroatoms. The topological polar surface area (TPSA) is 37.8 Å². The first-order valence-corrected chi connectivity index (χ1v) is 4.16. The van der Waals surface area contributed by atoms with Crippen molar-refractivity contribution in [3.8, 4) is 0 Å². The quantitative estimate of drug-likeness (QED) is 0.682. The number of H-pyrrole nitrogens is 1. The number of aryl methyl sites for hydroxylation is 2. The SMILES string of the molecule is CCc1cc(=O)n(CCCl)[nH]1. The Morgan fingerprint density at radius 3 is 2.91 bits per heavy atom. The first-order valence-electron chi connectivity index (χ1n) is 3.62. The fraction of sp³-hybridized carbons (Fsp3) is 0.571. The molecule has 0 unspecified atom stereocenters. The second kappa shape index (κ2) is 3.62. The van der Waals surface area contributed by atoms with Gasteiger partial charge < -0.3 is 0 Å². The van der Waals surface area contributed by atoms with E-state index in [0.717, 1.165) is 12.1 Å². The number of hydrogen-bond acceptors (Lipinski definition) is 1. The Morgan fingerprint density at radius 2 is 2.45 bits per heavy atom. The van der Waals surface area contributed by atoms with Crippen molar-refractivity contribution in [2.45, 2.75) is 19.9 Å². The molecule has 1 aromatic rings. The summed E-state index contributed by atoms with van der Waals surface area (Å²) in [6.07, 6.45) is 0.852. The van der Waals surface area contributed by atoms with Crippen LogP contribution in [-0.2, 0) is 13.0 Å². The molecule has 0 atom stereocenters. The number of alkyl halides is 1. The average molecular weight is 175 g/mol. The van der Waals surface area contributed by atoms with Crippen LogP contribution in [0.15, 0.2) is 10.9 Å². The minimum Gasteiger partial charge on any atom is -0.300 e. The lowest BCUT2D eigenvalue weighted by atomic mass is 10.3. The molecule has 62 valence electrons. The Labute approximate surface area is 70.0 Å². The summed E-state index contributed by atoms with van der Waals surface area (Å²) in [5, 5.41) is 2.95. The summed E-state index contributed by atoms with van der Waals surface area (Å²) in [4.78, 5) is 11.1. The van der Waals surface area contributed by atoms with Crippen LogP contribution >= 0.6 is 11.6 Å². The lowest BCUT2D eigenvalue weighted by Crippen LogP contribution is -2.16. The minimum atomic E-state index is 0.00231. The van der Waals surface area contributed by atoms with Gasteiger partial charge in [0.2, 0.25) is 0 Å². The maximum Gasteiger partial charge on any atom is 0.266 e. The standard InChI is InChI=1S/C7H11ClN2O/c1-2-6-5-7(11)10(9-6)4-3-8/h5,9H,2-4H2,1H3.